The summed E-state index contributed by atoms with van der Waals surface area (Å²) in [5, 5.41) is 4.66. The molecular formula is C16H20N2S. The van der Waals surface area contributed by atoms with Crippen LogP contribution in [0.3, 0.4) is 0 Å². The SMILES string of the molecule is CNC(c1nc2c(s1)CCC2)c1cc(C)ccc1C. The van der Waals surface area contributed by atoms with Crippen molar-refractivity contribution in [3.8, 4) is 0 Å². The normalized spacial score (nSPS) is 15.5. The minimum absolute atomic E-state index is 0.232. The summed E-state index contributed by atoms with van der Waals surface area (Å²) < 4.78 is 0. The summed E-state index contributed by atoms with van der Waals surface area (Å²) in [7, 11) is 2.03. The maximum absolute atomic E-state index is 4.87. The van der Waals surface area contributed by atoms with E-state index in [1.807, 2.05) is 18.4 Å². The van der Waals surface area contributed by atoms with Gasteiger partial charge < -0.3 is 5.32 Å². The number of rotatable bonds is 3. The van der Waals surface area contributed by atoms with Crippen LogP contribution in [0.25, 0.3) is 0 Å². The standard InChI is InChI=1S/C16H20N2S/c1-10-7-8-11(2)12(9-10)15(17-3)16-18-13-5-4-6-14(13)19-16/h7-9,15,17H,4-6H2,1-3H3. The maximum Gasteiger partial charge on any atom is 0.115 e. The quantitative estimate of drug-likeness (QED) is 0.924. The predicted octanol–water partition coefficient (Wildman–Crippen LogP) is 3.56. The molecule has 1 atom stereocenters. The fraction of sp³-hybridized carbons (Fsp3) is 0.438. The largest absolute Gasteiger partial charge is 0.307 e. The number of thiazole rings is 1. The van der Waals surface area contributed by atoms with E-state index in [0.29, 0.717) is 0 Å². The van der Waals surface area contributed by atoms with Gasteiger partial charge in [-0.2, -0.15) is 0 Å². The van der Waals surface area contributed by atoms with Crippen LogP contribution in [0.2, 0.25) is 0 Å². The van der Waals surface area contributed by atoms with Crippen molar-refractivity contribution in [1.29, 1.82) is 0 Å². The lowest BCUT2D eigenvalue weighted by Gasteiger charge is -2.17. The highest BCUT2D eigenvalue weighted by Gasteiger charge is 2.23. The van der Waals surface area contributed by atoms with Gasteiger partial charge in [-0.1, -0.05) is 23.8 Å². The van der Waals surface area contributed by atoms with Gasteiger partial charge in [0.1, 0.15) is 5.01 Å². The third kappa shape index (κ3) is 2.33. The van der Waals surface area contributed by atoms with Gasteiger partial charge in [0.25, 0.3) is 0 Å². The van der Waals surface area contributed by atoms with Crippen LogP contribution in [-0.4, -0.2) is 12.0 Å². The van der Waals surface area contributed by atoms with E-state index in [-0.39, 0.29) is 6.04 Å². The predicted molar refractivity (Wildman–Crippen MR) is 81.0 cm³/mol. The molecule has 1 N–H and O–H groups in total. The highest BCUT2D eigenvalue weighted by atomic mass is 32.1. The van der Waals surface area contributed by atoms with E-state index in [1.54, 1.807) is 0 Å². The van der Waals surface area contributed by atoms with Crippen LogP contribution in [0.15, 0.2) is 18.2 Å². The summed E-state index contributed by atoms with van der Waals surface area (Å²) in [6, 6.07) is 6.89. The molecule has 0 radical (unpaired) electrons. The molecule has 0 spiro atoms. The molecule has 0 aliphatic heterocycles. The molecule has 3 heteroatoms. The molecular weight excluding hydrogens is 252 g/mol. The highest BCUT2D eigenvalue weighted by molar-refractivity contribution is 7.11. The number of aromatic nitrogens is 1. The summed E-state index contributed by atoms with van der Waals surface area (Å²) >= 11 is 1.89. The first-order valence-corrected chi connectivity index (χ1v) is 7.73. The van der Waals surface area contributed by atoms with E-state index in [2.05, 4.69) is 37.4 Å². The zero-order chi connectivity index (χ0) is 13.4. The van der Waals surface area contributed by atoms with Crippen molar-refractivity contribution < 1.29 is 0 Å². The van der Waals surface area contributed by atoms with Crippen LogP contribution in [0.1, 0.15) is 44.7 Å². The van der Waals surface area contributed by atoms with Gasteiger partial charge >= 0.3 is 0 Å². The van der Waals surface area contributed by atoms with Crippen molar-refractivity contribution in [3.05, 3.63) is 50.5 Å². The number of benzene rings is 1. The van der Waals surface area contributed by atoms with E-state index in [1.165, 1.54) is 45.1 Å². The molecule has 2 nitrogen and oxygen atoms in total. The van der Waals surface area contributed by atoms with E-state index in [4.69, 9.17) is 4.98 Å². The molecule has 2 aromatic rings. The summed E-state index contributed by atoms with van der Waals surface area (Å²) in [6.07, 6.45) is 3.66. The summed E-state index contributed by atoms with van der Waals surface area (Å²) in [6.45, 7) is 4.33. The fourth-order valence-electron chi connectivity index (χ4n) is 2.82. The van der Waals surface area contributed by atoms with Crippen LogP contribution >= 0.6 is 11.3 Å². The second-order valence-electron chi connectivity index (χ2n) is 5.36. The third-order valence-electron chi connectivity index (χ3n) is 3.89. The monoisotopic (exact) mass is 272 g/mol. The molecule has 19 heavy (non-hydrogen) atoms. The lowest BCUT2D eigenvalue weighted by Crippen LogP contribution is -2.18. The minimum Gasteiger partial charge on any atom is -0.307 e. The first-order valence-electron chi connectivity index (χ1n) is 6.92. The average Bonchev–Trinajstić information content (AvgIpc) is 2.95. The lowest BCUT2D eigenvalue weighted by molar-refractivity contribution is 0.678. The maximum atomic E-state index is 4.87. The molecule has 0 saturated heterocycles. The van der Waals surface area contributed by atoms with Crippen molar-refractivity contribution in [3.63, 3.8) is 0 Å². The first kappa shape index (κ1) is 12.8. The third-order valence-corrected chi connectivity index (χ3v) is 5.12. The zero-order valence-electron chi connectivity index (χ0n) is 11.8. The minimum atomic E-state index is 0.232. The Labute approximate surface area is 118 Å². The molecule has 3 rings (SSSR count). The lowest BCUT2D eigenvalue weighted by atomic mass is 9.99. The van der Waals surface area contributed by atoms with Crippen molar-refractivity contribution in [1.82, 2.24) is 10.3 Å². The van der Waals surface area contributed by atoms with Gasteiger partial charge in [-0.25, -0.2) is 4.98 Å². The molecule has 0 fully saturated rings. The Morgan fingerprint density at radius 2 is 2.11 bits per heavy atom. The smallest absolute Gasteiger partial charge is 0.115 e. The Balaban J connectivity index is 2.01. The molecule has 0 saturated carbocycles. The number of fused-ring (bicyclic) bond motifs is 1. The Hall–Kier alpha value is -1.19. The van der Waals surface area contributed by atoms with E-state index in [9.17, 15) is 0 Å². The summed E-state index contributed by atoms with van der Waals surface area (Å²) in [5.41, 5.74) is 5.34. The van der Waals surface area contributed by atoms with Crippen LogP contribution in [0.4, 0.5) is 0 Å². The topological polar surface area (TPSA) is 24.9 Å². The van der Waals surface area contributed by atoms with Gasteiger partial charge in [-0.05, 0) is 51.3 Å². The van der Waals surface area contributed by atoms with Crippen molar-refractivity contribution in [2.45, 2.75) is 39.2 Å². The fourth-order valence-corrected chi connectivity index (χ4v) is 4.10. The van der Waals surface area contributed by atoms with Crippen LogP contribution < -0.4 is 5.32 Å². The van der Waals surface area contributed by atoms with Gasteiger partial charge in [-0.3, -0.25) is 0 Å². The van der Waals surface area contributed by atoms with Crippen molar-refractivity contribution >= 4 is 11.3 Å². The number of hydrogen-bond acceptors (Lipinski definition) is 3. The van der Waals surface area contributed by atoms with Crippen LogP contribution in [0, 0.1) is 13.8 Å². The van der Waals surface area contributed by atoms with E-state index < -0.39 is 0 Å². The van der Waals surface area contributed by atoms with Gasteiger partial charge in [0, 0.05) is 4.88 Å². The number of nitrogens with one attached hydrogen (secondary N) is 1. The number of hydrogen-bond donors (Lipinski definition) is 1. The number of nitrogens with zero attached hydrogens (tertiary/aromatic N) is 1. The van der Waals surface area contributed by atoms with E-state index >= 15 is 0 Å². The van der Waals surface area contributed by atoms with Gasteiger partial charge in [-0.15, -0.1) is 11.3 Å². The Morgan fingerprint density at radius 3 is 2.84 bits per heavy atom. The molecule has 1 aliphatic carbocycles. The Kier molecular flexibility index (Phi) is 3.42. The molecule has 0 bridgehead atoms. The van der Waals surface area contributed by atoms with Crippen LogP contribution in [-0.2, 0) is 12.8 Å². The van der Waals surface area contributed by atoms with Crippen LogP contribution in [0.5, 0.6) is 0 Å². The van der Waals surface area contributed by atoms with Crippen molar-refractivity contribution in [2.24, 2.45) is 0 Å². The molecule has 1 aliphatic rings. The second kappa shape index (κ2) is 5.06. The van der Waals surface area contributed by atoms with Gasteiger partial charge in [0.2, 0.25) is 0 Å². The molecule has 1 unspecified atom stereocenters. The summed E-state index contributed by atoms with van der Waals surface area (Å²) in [4.78, 5) is 6.37. The first-order chi connectivity index (χ1) is 9.19. The molecule has 0 amide bonds. The van der Waals surface area contributed by atoms with E-state index in [0.717, 1.165) is 6.42 Å². The van der Waals surface area contributed by atoms with Crippen molar-refractivity contribution in [2.75, 3.05) is 7.05 Å². The molecule has 1 aromatic heterocycles. The Morgan fingerprint density at radius 1 is 1.26 bits per heavy atom. The van der Waals surface area contributed by atoms with Gasteiger partial charge in [0.05, 0.1) is 11.7 Å². The molecule has 1 heterocycles. The number of aryl methyl sites for hydroxylation is 4. The molecule has 1 aromatic carbocycles. The highest BCUT2D eigenvalue weighted by Crippen LogP contribution is 2.34. The second-order valence-corrected chi connectivity index (χ2v) is 6.47. The summed E-state index contributed by atoms with van der Waals surface area (Å²) in [5.74, 6) is 0. The molecule has 100 valence electrons. The zero-order valence-corrected chi connectivity index (χ0v) is 12.6. The Bertz CT molecular complexity index is 579. The van der Waals surface area contributed by atoms with Gasteiger partial charge in [0.15, 0.2) is 0 Å². The average molecular weight is 272 g/mol.